The Morgan fingerprint density at radius 3 is 2.07 bits per heavy atom. The summed E-state index contributed by atoms with van der Waals surface area (Å²) in [7, 11) is 1.45. The standard InChI is InChI=1S/C43H66O15/c1-38(2)24-9-12-43(7)33(22(45)17-20-21-18-40(4,37(53)54-8)14-13-39(21,3)15-16-42(20,43)6)41(24,5)11-10-25(38)56-35-30(50)28(48)31(23(19-44)55-35)57-36-29(49)26(46)27(47)32(58-36)34(51)52/h17,21,23-33,35-36,44,46-50H,9-16,18-19H2,1-8H3,(H,51,52)/t21-,23+,24-,25-,26-,27-,28+,29+,30+,31+,32-,33+,35+,36+,39+,40-,41-,42+,43+/m0/s1. The minimum Gasteiger partial charge on any atom is -0.479 e. The first-order valence-electron chi connectivity index (χ1n) is 21.1. The zero-order chi connectivity index (χ0) is 42.7. The summed E-state index contributed by atoms with van der Waals surface area (Å²) in [5.74, 6) is -1.77. The predicted octanol–water partition coefficient (Wildman–Crippen LogP) is 2.24. The van der Waals surface area contributed by atoms with Crippen LogP contribution in [0.25, 0.3) is 0 Å². The highest BCUT2D eigenvalue weighted by Gasteiger charge is 2.71. The number of rotatable bonds is 7. The first-order valence-corrected chi connectivity index (χ1v) is 21.1. The van der Waals surface area contributed by atoms with Crippen LogP contribution in [-0.4, -0.2) is 135 Å². The Kier molecular flexibility index (Phi) is 11.2. The molecule has 0 spiro atoms. The minimum absolute atomic E-state index is 0.00172. The number of allylic oxidation sites excluding steroid dienone is 2. The zero-order valence-electron chi connectivity index (χ0n) is 35.1. The van der Waals surface area contributed by atoms with Crippen LogP contribution in [-0.2, 0) is 38.1 Å². The summed E-state index contributed by atoms with van der Waals surface area (Å²) >= 11 is 0. The van der Waals surface area contributed by atoms with Gasteiger partial charge in [-0.3, -0.25) is 9.59 Å². The van der Waals surface area contributed by atoms with Crippen molar-refractivity contribution in [3.8, 4) is 0 Å². The highest BCUT2D eigenvalue weighted by Crippen LogP contribution is 2.75. The first kappa shape index (κ1) is 44.0. The maximum atomic E-state index is 14.9. The van der Waals surface area contributed by atoms with Gasteiger partial charge in [0.1, 0.15) is 42.7 Å². The molecule has 0 unspecified atom stereocenters. The van der Waals surface area contributed by atoms with E-state index in [9.17, 15) is 50.1 Å². The van der Waals surface area contributed by atoms with Crippen LogP contribution in [0.4, 0.5) is 0 Å². The molecule has 5 aliphatic carbocycles. The Morgan fingerprint density at radius 2 is 1.43 bits per heavy atom. The molecular weight excluding hydrogens is 756 g/mol. The Labute approximate surface area is 340 Å². The van der Waals surface area contributed by atoms with Crippen molar-refractivity contribution in [1.29, 1.82) is 0 Å². The minimum atomic E-state index is -1.96. The molecule has 2 heterocycles. The van der Waals surface area contributed by atoms with Crippen molar-refractivity contribution >= 4 is 17.7 Å². The maximum Gasteiger partial charge on any atom is 0.335 e. The monoisotopic (exact) mass is 822 g/mol. The maximum absolute atomic E-state index is 14.9. The fourth-order valence-electron chi connectivity index (χ4n) is 13.6. The molecule has 0 bridgehead atoms. The van der Waals surface area contributed by atoms with E-state index in [1.54, 1.807) is 0 Å². The van der Waals surface area contributed by atoms with Crippen molar-refractivity contribution in [3.05, 3.63) is 11.6 Å². The van der Waals surface area contributed by atoms with E-state index in [2.05, 4.69) is 41.5 Å². The van der Waals surface area contributed by atoms with E-state index in [4.69, 9.17) is 23.7 Å². The number of carbonyl (C=O) groups is 3. The highest BCUT2D eigenvalue weighted by molar-refractivity contribution is 5.95. The van der Waals surface area contributed by atoms with Crippen LogP contribution in [0.15, 0.2) is 11.6 Å². The number of esters is 1. The Balaban J connectivity index is 1.10. The topological polar surface area (TPSA) is 239 Å². The molecule has 7 N–H and O–H groups in total. The van der Waals surface area contributed by atoms with E-state index in [0.717, 1.165) is 38.5 Å². The molecule has 0 aromatic heterocycles. The molecule has 19 atom stereocenters. The van der Waals surface area contributed by atoms with Crippen molar-refractivity contribution in [3.63, 3.8) is 0 Å². The molecule has 7 aliphatic rings. The number of aliphatic hydroxyl groups is 6. The molecule has 4 saturated carbocycles. The van der Waals surface area contributed by atoms with Gasteiger partial charge in [-0.1, -0.05) is 47.1 Å². The largest absolute Gasteiger partial charge is 0.479 e. The lowest BCUT2D eigenvalue weighted by atomic mass is 9.33. The van der Waals surface area contributed by atoms with Crippen LogP contribution in [0, 0.1) is 50.2 Å². The summed E-state index contributed by atoms with van der Waals surface area (Å²) in [5, 5.41) is 73.2. The second kappa shape index (κ2) is 14.8. The van der Waals surface area contributed by atoms with Gasteiger partial charge in [0.25, 0.3) is 0 Å². The zero-order valence-corrected chi connectivity index (χ0v) is 35.1. The smallest absolute Gasteiger partial charge is 0.335 e. The van der Waals surface area contributed by atoms with Gasteiger partial charge in [-0.15, -0.1) is 0 Å². The second-order valence-electron chi connectivity index (χ2n) is 20.8. The summed E-state index contributed by atoms with van der Waals surface area (Å²) in [6, 6.07) is 0. The van der Waals surface area contributed by atoms with E-state index in [0.29, 0.717) is 19.3 Å². The van der Waals surface area contributed by atoms with Crippen LogP contribution in [0.5, 0.6) is 0 Å². The molecule has 15 heteroatoms. The second-order valence-corrected chi connectivity index (χ2v) is 20.8. The summed E-state index contributed by atoms with van der Waals surface area (Å²) < 4.78 is 28.7. The molecule has 7 rings (SSSR count). The molecule has 0 radical (unpaired) electrons. The number of methoxy groups -OCH3 is 1. The summed E-state index contributed by atoms with van der Waals surface area (Å²) in [4.78, 5) is 39.6. The van der Waals surface area contributed by atoms with Gasteiger partial charge in [-0.2, -0.15) is 0 Å². The Morgan fingerprint density at radius 1 is 0.793 bits per heavy atom. The molecule has 58 heavy (non-hydrogen) atoms. The first-order chi connectivity index (χ1) is 26.9. The molecule has 2 aliphatic heterocycles. The third-order valence-electron chi connectivity index (χ3n) is 17.4. The Hall–Kier alpha value is -2.05. The van der Waals surface area contributed by atoms with E-state index in [1.165, 1.54) is 12.7 Å². The summed E-state index contributed by atoms with van der Waals surface area (Å²) in [6.07, 6.45) is -8.74. The molecule has 328 valence electrons. The molecule has 0 aromatic carbocycles. The molecular formula is C43H66O15. The number of aliphatic hydroxyl groups excluding tert-OH is 6. The predicted molar refractivity (Wildman–Crippen MR) is 203 cm³/mol. The number of ketones is 1. The number of fused-ring (bicyclic) bond motifs is 7. The lowest BCUT2D eigenvalue weighted by Crippen LogP contribution is -2.67. The van der Waals surface area contributed by atoms with Crippen LogP contribution >= 0.6 is 0 Å². The quantitative estimate of drug-likeness (QED) is 0.144. The number of carbonyl (C=O) groups excluding carboxylic acids is 2. The number of aliphatic carboxylic acids is 1. The van der Waals surface area contributed by atoms with Gasteiger partial charge in [-0.25, -0.2) is 4.79 Å². The van der Waals surface area contributed by atoms with Gasteiger partial charge in [0.2, 0.25) is 0 Å². The van der Waals surface area contributed by atoms with E-state index < -0.39 is 96.3 Å². The van der Waals surface area contributed by atoms with Crippen molar-refractivity contribution in [2.75, 3.05) is 13.7 Å². The van der Waals surface area contributed by atoms with Crippen LogP contribution in [0.2, 0.25) is 0 Å². The van der Waals surface area contributed by atoms with Crippen molar-refractivity contribution in [1.82, 2.24) is 0 Å². The number of ether oxygens (including phenoxy) is 5. The van der Waals surface area contributed by atoms with E-state index in [1.807, 2.05) is 13.0 Å². The van der Waals surface area contributed by atoms with Crippen LogP contribution in [0.1, 0.15) is 106 Å². The van der Waals surface area contributed by atoms with Gasteiger partial charge in [0.05, 0.1) is 25.2 Å². The molecule has 15 nitrogen and oxygen atoms in total. The van der Waals surface area contributed by atoms with Gasteiger partial charge >= 0.3 is 11.9 Å². The summed E-state index contributed by atoms with van der Waals surface area (Å²) in [6.45, 7) is 14.8. The number of hydrogen-bond donors (Lipinski definition) is 7. The van der Waals surface area contributed by atoms with Crippen LogP contribution < -0.4 is 0 Å². The number of carboxylic acid groups (broad SMARTS) is 1. The van der Waals surface area contributed by atoms with Gasteiger partial charge in [0.15, 0.2) is 24.5 Å². The van der Waals surface area contributed by atoms with Crippen molar-refractivity contribution in [2.24, 2.45) is 50.2 Å². The average molecular weight is 823 g/mol. The molecule has 0 amide bonds. The Bertz CT molecular complexity index is 1660. The highest BCUT2D eigenvalue weighted by atomic mass is 16.7. The van der Waals surface area contributed by atoms with Crippen molar-refractivity contribution < 1.29 is 73.8 Å². The third kappa shape index (κ3) is 6.38. The van der Waals surface area contributed by atoms with E-state index >= 15 is 0 Å². The average Bonchev–Trinajstić information content (AvgIpc) is 3.16. The van der Waals surface area contributed by atoms with E-state index in [-0.39, 0.29) is 45.8 Å². The normalized spacial score (nSPS) is 52.6. The lowest BCUT2D eigenvalue weighted by Gasteiger charge is -2.70. The van der Waals surface area contributed by atoms with Gasteiger partial charge in [0, 0.05) is 5.92 Å². The summed E-state index contributed by atoms with van der Waals surface area (Å²) in [5.41, 5.74) is -0.883. The SMILES string of the molecule is COC(=O)[C@@]1(C)CC[C@]2(C)CC[C@]3(C)C(=CC(=O)[C@@H]4[C@@]5(C)CC[C@H](O[C@H]6O[C@H](CO)[C@@H](O[C@@H]7O[C@H](C(=O)O)[C@@H](O)[C@H](O)[C@H]7O)[C@H](O)[C@H]6O)C(C)(C)[C@@H]5CC[C@]43C)[C@@H]2C1. The van der Waals surface area contributed by atoms with Gasteiger partial charge in [-0.05, 0) is 110 Å². The molecule has 6 fully saturated rings. The van der Waals surface area contributed by atoms with Crippen LogP contribution in [0.3, 0.4) is 0 Å². The third-order valence-corrected chi connectivity index (χ3v) is 17.4. The molecule has 0 aromatic rings. The number of hydrogen-bond acceptors (Lipinski definition) is 14. The fourth-order valence-corrected chi connectivity index (χ4v) is 13.6. The lowest BCUT2D eigenvalue weighted by molar-refractivity contribution is -0.365. The van der Waals surface area contributed by atoms with Gasteiger partial charge < -0.3 is 59.4 Å². The molecule has 2 saturated heterocycles. The fraction of sp³-hybridized carbons (Fsp3) is 0.884. The van der Waals surface area contributed by atoms with Crippen molar-refractivity contribution in [2.45, 2.75) is 174 Å². The number of carboxylic acids is 1.